The molecule has 19 heavy (non-hydrogen) atoms. The van der Waals surface area contributed by atoms with E-state index in [2.05, 4.69) is 49.5 Å². The van der Waals surface area contributed by atoms with Crippen LogP contribution < -0.4 is 5.32 Å². The van der Waals surface area contributed by atoms with Crippen molar-refractivity contribution in [3.63, 3.8) is 0 Å². The van der Waals surface area contributed by atoms with Gasteiger partial charge in [0.05, 0.1) is 0 Å². The molecule has 0 fully saturated rings. The maximum atomic E-state index is 3.58. The summed E-state index contributed by atoms with van der Waals surface area (Å²) in [6, 6.07) is 10.8. The highest BCUT2D eigenvalue weighted by Crippen LogP contribution is 2.17. The lowest BCUT2D eigenvalue weighted by Crippen LogP contribution is -2.18. The van der Waals surface area contributed by atoms with E-state index in [9.17, 15) is 0 Å². The molecule has 1 unspecified atom stereocenters. The number of nitrogens with one attached hydrogen (secondary N) is 1. The summed E-state index contributed by atoms with van der Waals surface area (Å²) in [5.74, 6) is 0.665. The fourth-order valence-corrected chi connectivity index (χ4v) is 2.42. The lowest BCUT2D eigenvalue weighted by atomic mass is 9.98. The monoisotopic (exact) mass is 261 g/mol. The SMILES string of the molecule is CCCCCCCCNCCC(C)c1ccccc1. The van der Waals surface area contributed by atoms with Crippen LogP contribution in [0.1, 0.15) is 70.3 Å². The molecule has 0 saturated carbocycles. The van der Waals surface area contributed by atoms with Crippen LogP contribution >= 0.6 is 0 Å². The molecule has 1 nitrogen and oxygen atoms in total. The Kier molecular flexibility index (Phi) is 9.44. The Morgan fingerprint density at radius 1 is 0.895 bits per heavy atom. The lowest BCUT2D eigenvalue weighted by molar-refractivity contribution is 0.548. The zero-order valence-corrected chi connectivity index (χ0v) is 12.8. The van der Waals surface area contributed by atoms with E-state index in [1.54, 1.807) is 0 Å². The molecule has 1 rings (SSSR count). The van der Waals surface area contributed by atoms with Gasteiger partial charge in [0.15, 0.2) is 0 Å². The molecule has 0 saturated heterocycles. The zero-order valence-electron chi connectivity index (χ0n) is 12.8. The summed E-state index contributed by atoms with van der Waals surface area (Å²) in [6.45, 7) is 6.93. The van der Waals surface area contributed by atoms with E-state index in [0.29, 0.717) is 5.92 Å². The lowest BCUT2D eigenvalue weighted by Gasteiger charge is -2.12. The van der Waals surface area contributed by atoms with E-state index in [4.69, 9.17) is 0 Å². The van der Waals surface area contributed by atoms with Crippen molar-refractivity contribution in [1.29, 1.82) is 0 Å². The molecule has 0 aromatic heterocycles. The van der Waals surface area contributed by atoms with Crippen molar-refractivity contribution in [3.05, 3.63) is 35.9 Å². The maximum Gasteiger partial charge on any atom is -0.00432 e. The molecule has 1 aromatic rings. The molecule has 1 heteroatoms. The first-order valence-corrected chi connectivity index (χ1v) is 8.10. The summed E-state index contributed by atoms with van der Waals surface area (Å²) < 4.78 is 0. The second-order valence-corrected chi connectivity index (χ2v) is 5.62. The number of hydrogen-bond donors (Lipinski definition) is 1. The number of rotatable bonds is 11. The van der Waals surface area contributed by atoms with Crippen LogP contribution in [0.3, 0.4) is 0 Å². The second-order valence-electron chi connectivity index (χ2n) is 5.62. The van der Waals surface area contributed by atoms with Crippen LogP contribution in [-0.4, -0.2) is 13.1 Å². The molecule has 1 aromatic carbocycles. The first-order chi connectivity index (χ1) is 9.34. The van der Waals surface area contributed by atoms with Gasteiger partial charge in [0.2, 0.25) is 0 Å². The van der Waals surface area contributed by atoms with Gasteiger partial charge in [-0.25, -0.2) is 0 Å². The van der Waals surface area contributed by atoms with Crippen molar-refractivity contribution in [3.8, 4) is 0 Å². The molecule has 0 spiro atoms. The number of benzene rings is 1. The van der Waals surface area contributed by atoms with E-state index in [-0.39, 0.29) is 0 Å². The van der Waals surface area contributed by atoms with Gasteiger partial charge in [0.25, 0.3) is 0 Å². The fraction of sp³-hybridized carbons (Fsp3) is 0.667. The van der Waals surface area contributed by atoms with Crippen LogP contribution in [0.25, 0.3) is 0 Å². The molecule has 0 heterocycles. The van der Waals surface area contributed by atoms with E-state index in [1.807, 2.05) is 0 Å². The Bertz CT molecular complexity index is 294. The Morgan fingerprint density at radius 3 is 2.32 bits per heavy atom. The average molecular weight is 261 g/mol. The molecular weight excluding hydrogens is 230 g/mol. The smallest absolute Gasteiger partial charge is 0.00432 e. The minimum atomic E-state index is 0.665. The number of hydrogen-bond acceptors (Lipinski definition) is 1. The summed E-state index contributed by atoms with van der Waals surface area (Å²) in [5, 5.41) is 3.58. The third kappa shape index (κ3) is 8.05. The van der Waals surface area contributed by atoms with Crippen molar-refractivity contribution < 1.29 is 0 Å². The van der Waals surface area contributed by atoms with Gasteiger partial charge in [-0.05, 0) is 37.4 Å². The van der Waals surface area contributed by atoms with Gasteiger partial charge in [-0.3, -0.25) is 0 Å². The van der Waals surface area contributed by atoms with E-state index in [0.717, 1.165) is 6.54 Å². The van der Waals surface area contributed by atoms with Gasteiger partial charge in [-0.1, -0.05) is 76.3 Å². The number of unbranched alkanes of at least 4 members (excludes halogenated alkanes) is 5. The van der Waals surface area contributed by atoms with Gasteiger partial charge in [0.1, 0.15) is 0 Å². The van der Waals surface area contributed by atoms with Gasteiger partial charge in [-0.2, -0.15) is 0 Å². The van der Waals surface area contributed by atoms with Crippen molar-refractivity contribution in [1.82, 2.24) is 5.32 Å². The van der Waals surface area contributed by atoms with Crippen LogP contribution in [0.15, 0.2) is 30.3 Å². The largest absolute Gasteiger partial charge is 0.317 e. The van der Waals surface area contributed by atoms with Gasteiger partial charge in [0, 0.05) is 0 Å². The third-order valence-corrected chi connectivity index (χ3v) is 3.83. The van der Waals surface area contributed by atoms with E-state index in [1.165, 1.54) is 57.1 Å². The molecular formula is C18H31N. The fourth-order valence-electron chi connectivity index (χ4n) is 2.42. The minimum Gasteiger partial charge on any atom is -0.317 e. The molecule has 0 bridgehead atoms. The van der Waals surface area contributed by atoms with Crippen molar-refractivity contribution in [2.24, 2.45) is 0 Å². The highest BCUT2D eigenvalue weighted by atomic mass is 14.8. The molecule has 0 aliphatic rings. The molecule has 1 atom stereocenters. The third-order valence-electron chi connectivity index (χ3n) is 3.83. The first-order valence-electron chi connectivity index (χ1n) is 8.10. The Labute approximate surface area is 119 Å². The second kappa shape index (κ2) is 11.0. The Morgan fingerprint density at radius 2 is 1.58 bits per heavy atom. The highest BCUT2D eigenvalue weighted by molar-refractivity contribution is 5.18. The summed E-state index contributed by atoms with van der Waals surface area (Å²) in [6.07, 6.45) is 9.54. The molecule has 0 aliphatic heterocycles. The molecule has 0 radical (unpaired) electrons. The standard InChI is InChI=1S/C18H31N/c1-3-4-5-6-7-11-15-19-16-14-17(2)18-12-9-8-10-13-18/h8-10,12-13,17,19H,3-7,11,14-16H2,1-2H3. The van der Waals surface area contributed by atoms with Crippen LogP contribution in [0.4, 0.5) is 0 Å². The van der Waals surface area contributed by atoms with Crippen LogP contribution in [0.5, 0.6) is 0 Å². The summed E-state index contributed by atoms with van der Waals surface area (Å²) in [4.78, 5) is 0. The normalized spacial score (nSPS) is 12.5. The van der Waals surface area contributed by atoms with Crippen molar-refractivity contribution >= 4 is 0 Å². The van der Waals surface area contributed by atoms with Crippen molar-refractivity contribution in [2.45, 2.75) is 64.7 Å². The molecule has 1 N–H and O–H groups in total. The quantitative estimate of drug-likeness (QED) is 0.544. The van der Waals surface area contributed by atoms with Crippen molar-refractivity contribution in [2.75, 3.05) is 13.1 Å². The predicted molar refractivity (Wildman–Crippen MR) is 85.7 cm³/mol. The van der Waals surface area contributed by atoms with Gasteiger partial charge < -0.3 is 5.32 Å². The van der Waals surface area contributed by atoms with E-state index < -0.39 is 0 Å². The molecule has 0 aliphatic carbocycles. The van der Waals surface area contributed by atoms with Crippen LogP contribution in [0.2, 0.25) is 0 Å². The topological polar surface area (TPSA) is 12.0 Å². The van der Waals surface area contributed by atoms with Crippen LogP contribution in [-0.2, 0) is 0 Å². The summed E-state index contributed by atoms with van der Waals surface area (Å²) in [5.41, 5.74) is 1.46. The van der Waals surface area contributed by atoms with Gasteiger partial charge >= 0.3 is 0 Å². The molecule has 0 amide bonds. The predicted octanol–water partition coefficient (Wildman–Crippen LogP) is 5.13. The maximum absolute atomic E-state index is 3.58. The average Bonchev–Trinajstić information content (AvgIpc) is 2.46. The van der Waals surface area contributed by atoms with E-state index >= 15 is 0 Å². The zero-order chi connectivity index (χ0) is 13.8. The van der Waals surface area contributed by atoms with Crippen LogP contribution in [0, 0.1) is 0 Å². The minimum absolute atomic E-state index is 0.665. The Balaban J connectivity index is 1.93. The summed E-state index contributed by atoms with van der Waals surface area (Å²) >= 11 is 0. The first kappa shape index (κ1) is 16.2. The molecule has 108 valence electrons. The van der Waals surface area contributed by atoms with Gasteiger partial charge in [-0.15, -0.1) is 0 Å². The highest BCUT2D eigenvalue weighted by Gasteiger charge is 2.03. The summed E-state index contributed by atoms with van der Waals surface area (Å²) in [7, 11) is 0. The Hall–Kier alpha value is -0.820.